The molecule has 1 saturated heterocycles. The highest BCUT2D eigenvalue weighted by molar-refractivity contribution is 6.03. The van der Waals surface area contributed by atoms with Gasteiger partial charge in [0.2, 0.25) is 0 Å². The first-order valence-corrected chi connectivity index (χ1v) is 9.15. The lowest BCUT2D eigenvalue weighted by Gasteiger charge is -2.20. The normalized spacial score (nSPS) is 17.6. The lowest BCUT2D eigenvalue weighted by molar-refractivity contribution is 0.0695. The second-order valence-electron chi connectivity index (χ2n) is 7.05. The van der Waals surface area contributed by atoms with Gasteiger partial charge in [0.1, 0.15) is 6.61 Å². The third kappa shape index (κ3) is 3.59. The van der Waals surface area contributed by atoms with Gasteiger partial charge in [-0.3, -0.25) is 9.79 Å². The minimum absolute atomic E-state index is 0.0866. The van der Waals surface area contributed by atoms with Crippen LogP contribution in [0, 0.1) is 0 Å². The minimum atomic E-state index is -0.995. The van der Waals surface area contributed by atoms with E-state index >= 15 is 0 Å². The molecule has 2 aliphatic heterocycles. The highest BCUT2D eigenvalue weighted by Crippen LogP contribution is 2.38. The number of benzene rings is 2. The first-order chi connectivity index (χ1) is 14.0. The quantitative estimate of drug-likeness (QED) is 0.788. The number of carboxylic acids is 1. The molecular weight excluding hydrogens is 372 g/mol. The van der Waals surface area contributed by atoms with Crippen LogP contribution in [-0.2, 0) is 6.61 Å². The van der Waals surface area contributed by atoms with E-state index in [1.165, 1.54) is 13.2 Å². The summed E-state index contributed by atoms with van der Waals surface area (Å²) in [5, 5.41) is 9.13. The van der Waals surface area contributed by atoms with Crippen molar-refractivity contribution in [2.75, 3.05) is 13.7 Å². The standard InChI is InChI=1S/C22H20N2O5/c1-13-6-16-10-23-18-9-20(19(28-2)8-17(18)21(25)24(16)11-13)29-12-14-4-3-5-15(7-14)22(26)27/h3-5,7-10,16H,1,6,11-12H2,2H3,(H,26,27)/t16-/m0/s1. The molecule has 2 aromatic carbocycles. The molecule has 0 radical (unpaired) electrons. The number of amides is 1. The smallest absolute Gasteiger partial charge is 0.335 e. The van der Waals surface area contributed by atoms with Crippen LogP contribution in [0.15, 0.2) is 53.5 Å². The summed E-state index contributed by atoms with van der Waals surface area (Å²) in [5.41, 5.74) is 2.88. The van der Waals surface area contributed by atoms with Crippen molar-refractivity contribution >= 4 is 23.8 Å². The Balaban J connectivity index is 1.62. The van der Waals surface area contributed by atoms with E-state index in [1.54, 1.807) is 41.4 Å². The Morgan fingerprint density at radius 2 is 2.14 bits per heavy atom. The summed E-state index contributed by atoms with van der Waals surface area (Å²) in [6.45, 7) is 4.66. The van der Waals surface area contributed by atoms with Crippen molar-refractivity contribution in [3.05, 3.63) is 65.2 Å². The number of ether oxygens (including phenoxy) is 2. The molecule has 2 heterocycles. The molecule has 0 bridgehead atoms. The van der Waals surface area contributed by atoms with E-state index in [0.29, 0.717) is 41.3 Å². The van der Waals surface area contributed by atoms with Crippen LogP contribution in [-0.4, -0.2) is 47.8 Å². The summed E-state index contributed by atoms with van der Waals surface area (Å²) < 4.78 is 11.3. The number of hydrogen-bond acceptors (Lipinski definition) is 5. The molecule has 0 aliphatic carbocycles. The third-order valence-electron chi connectivity index (χ3n) is 5.02. The van der Waals surface area contributed by atoms with Gasteiger partial charge in [0.15, 0.2) is 11.5 Å². The Hall–Kier alpha value is -3.61. The summed E-state index contributed by atoms with van der Waals surface area (Å²) >= 11 is 0. The topological polar surface area (TPSA) is 88.4 Å². The summed E-state index contributed by atoms with van der Waals surface area (Å²) in [5.74, 6) is -0.257. The van der Waals surface area contributed by atoms with E-state index in [2.05, 4.69) is 11.6 Å². The number of methoxy groups -OCH3 is 1. The zero-order valence-electron chi connectivity index (χ0n) is 15.9. The summed E-state index contributed by atoms with van der Waals surface area (Å²) in [6.07, 6.45) is 2.48. The van der Waals surface area contributed by atoms with Gasteiger partial charge in [-0.15, -0.1) is 0 Å². The molecule has 1 N–H and O–H groups in total. The van der Waals surface area contributed by atoms with E-state index < -0.39 is 5.97 Å². The van der Waals surface area contributed by atoms with Gasteiger partial charge in [0, 0.05) is 18.8 Å². The first kappa shape index (κ1) is 18.7. The van der Waals surface area contributed by atoms with Crippen LogP contribution >= 0.6 is 0 Å². The fourth-order valence-corrected chi connectivity index (χ4v) is 3.56. The van der Waals surface area contributed by atoms with Gasteiger partial charge in [-0.05, 0) is 30.2 Å². The van der Waals surface area contributed by atoms with Gasteiger partial charge in [0.25, 0.3) is 5.91 Å². The predicted octanol–water partition coefficient (Wildman–Crippen LogP) is 3.46. The maximum absolute atomic E-state index is 13.0. The average molecular weight is 392 g/mol. The van der Waals surface area contributed by atoms with Crippen LogP contribution in [0.2, 0.25) is 0 Å². The van der Waals surface area contributed by atoms with Crippen molar-refractivity contribution in [1.29, 1.82) is 0 Å². The largest absolute Gasteiger partial charge is 0.493 e. The van der Waals surface area contributed by atoms with E-state index in [0.717, 1.165) is 5.57 Å². The third-order valence-corrected chi connectivity index (χ3v) is 5.02. The maximum Gasteiger partial charge on any atom is 0.335 e. The van der Waals surface area contributed by atoms with Crippen molar-refractivity contribution in [2.24, 2.45) is 4.99 Å². The van der Waals surface area contributed by atoms with Crippen LogP contribution in [0.3, 0.4) is 0 Å². The highest BCUT2D eigenvalue weighted by Gasteiger charge is 2.34. The Kier molecular flexibility index (Phi) is 4.80. The van der Waals surface area contributed by atoms with Crippen LogP contribution in [0.5, 0.6) is 11.5 Å². The van der Waals surface area contributed by atoms with Gasteiger partial charge >= 0.3 is 5.97 Å². The Bertz CT molecular complexity index is 1040. The highest BCUT2D eigenvalue weighted by atomic mass is 16.5. The molecule has 148 valence electrons. The molecule has 7 nitrogen and oxygen atoms in total. The number of rotatable bonds is 5. The lowest BCUT2D eigenvalue weighted by Crippen LogP contribution is -2.35. The number of carbonyl (C=O) groups excluding carboxylic acids is 1. The van der Waals surface area contributed by atoms with Gasteiger partial charge < -0.3 is 19.5 Å². The second-order valence-corrected chi connectivity index (χ2v) is 7.05. The first-order valence-electron chi connectivity index (χ1n) is 9.15. The fourth-order valence-electron chi connectivity index (χ4n) is 3.56. The van der Waals surface area contributed by atoms with E-state index in [-0.39, 0.29) is 24.1 Å². The van der Waals surface area contributed by atoms with Crippen molar-refractivity contribution < 1.29 is 24.2 Å². The number of aliphatic imine (C=N–C) groups is 1. The minimum Gasteiger partial charge on any atom is -0.493 e. The number of fused-ring (bicyclic) bond motifs is 2. The molecule has 0 aromatic heterocycles. The number of hydrogen-bond donors (Lipinski definition) is 1. The molecule has 1 fully saturated rings. The van der Waals surface area contributed by atoms with Crippen molar-refractivity contribution in [3.8, 4) is 11.5 Å². The summed E-state index contributed by atoms with van der Waals surface area (Å²) in [7, 11) is 1.50. The zero-order valence-corrected chi connectivity index (χ0v) is 15.9. The molecule has 1 amide bonds. The molecule has 2 aliphatic rings. The lowest BCUT2D eigenvalue weighted by atomic mass is 10.1. The predicted molar refractivity (Wildman–Crippen MR) is 107 cm³/mol. The van der Waals surface area contributed by atoms with E-state index in [1.807, 2.05) is 0 Å². The van der Waals surface area contributed by atoms with Gasteiger partial charge in [-0.1, -0.05) is 24.3 Å². The zero-order chi connectivity index (χ0) is 20.5. The average Bonchev–Trinajstić information content (AvgIpc) is 3.05. The van der Waals surface area contributed by atoms with Gasteiger partial charge in [0.05, 0.1) is 30.0 Å². The molecule has 0 saturated carbocycles. The number of carboxylic acid groups (broad SMARTS) is 1. The van der Waals surface area contributed by atoms with Gasteiger partial charge in [-0.2, -0.15) is 0 Å². The Labute approximate surface area is 167 Å². The number of aromatic carboxylic acids is 1. The van der Waals surface area contributed by atoms with Gasteiger partial charge in [-0.25, -0.2) is 4.79 Å². The Morgan fingerprint density at radius 3 is 2.90 bits per heavy atom. The Morgan fingerprint density at radius 1 is 1.31 bits per heavy atom. The molecule has 4 rings (SSSR count). The molecular formula is C22H20N2O5. The van der Waals surface area contributed by atoms with Crippen LogP contribution in [0.25, 0.3) is 0 Å². The molecule has 0 spiro atoms. The van der Waals surface area contributed by atoms with E-state index in [9.17, 15) is 9.59 Å². The molecule has 29 heavy (non-hydrogen) atoms. The summed E-state index contributed by atoms with van der Waals surface area (Å²) in [6, 6.07) is 9.77. The molecule has 7 heteroatoms. The maximum atomic E-state index is 13.0. The van der Waals surface area contributed by atoms with Crippen LogP contribution < -0.4 is 9.47 Å². The van der Waals surface area contributed by atoms with Crippen molar-refractivity contribution in [1.82, 2.24) is 4.90 Å². The van der Waals surface area contributed by atoms with E-state index in [4.69, 9.17) is 14.6 Å². The molecule has 2 aromatic rings. The number of carbonyl (C=O) groups is 2. The second kappa shape index (κ2) is 7.43. The molecule has 1 atom stereocenters. The molecule has 0 unspecified atom stereocenters. The monoisotopic (exact) mass is 392 g/mol. The van der Waals surface area contributed by atoms with Crippen LogP contribution in [0.4, 0.5) is 5.69 Å². The number of nitrogens with zero attached hydrogens (tertiary/aromatic N) is 2. The summed E-state index contributed by atoms with van der Waals surface area (Å²) in [4.78, 5) is 30.4. The van der Waals surface area contributed by atoms with Crippen molar-refractivity contribution in [3.63, 3.8) is 0 Å². The van der Waals surface area contributed by atoms with Crippen LogP contribution in [0.1, 0.15) is 32.7 Å². The SMILES string of the molecule is C=C1C[C@H]2C=Nc3cc(OCc4cccc(C(=O)O)c4)c(OC)cc3C(=O)N2C1. The van der Waals surface area contributed by atoms with Crippen molar-refractivity contribution in [2.45, 2.75) is 19.1 Å². The fraction of sp³-hybridized carbons (Fsp3) is 0.227.